The third-order valence-corrected chi connectivity index (χ3v) is 3.50. The van der Waals surface area contributed by atoms with Crippen LogP contribution in [0, 0.1) is 0 Å². The molecular formula is C13H18BrNO2. The van der Waals surface area contributed by atoms with E-state index in [4.69, 9.17) is 0 Å². The molecule has 0 aliphatic heterocycles. The number of aliphatic carboxylic acids is 1. The Bertz CT molecular complexity index is 416. The molecule has 94 valence electrons. The van der Waals surface area contributed by atoms with E-state index in [1.54, 1.807) is 19.0 Å². The molecule has 0 heterocycles. The summed E-state index contributed by atoms with van der Waals surface area (Å²) >= 11 is 3.42. The minimum atomic E-state index is -0.806. The zero-order valence-corrected chi connectivity index (χ0v) is 12.2. The molecule has 0 saturated carbocycles. The minimum Gasteiger partial charge on any atom is -0.480 e. The fourth-order valence-corrected chi connectivity index (χ4v) is 2.62. The Balaban J connectivity index is 3.20. The summed E-state index contributed by atoms with van der Waals surface area (Å²) in [5.41, 5.74) is 0.548. The average molecular weight is 300 g/mol. The van der Waals surface area contributed by atoms with Crippen molar-refractivity contribution in [2.75, 3.05) is 14.1 Å². The first-order valence-electron chi connectivity index (χ1n) is 5.42. The lowest BCUT2D eigenvalue weighted by Crippen LogP contribution is -2.49. The van der Waals surface area contributed by atoms with Crippen LogP contribution in [0.15, 0.2) is 28.7 Å². The van der Waals surface area contributed by atoms with Gasteiger partial charge < -0.3 is 5.11 Å². The molecule has 3 nitrogen and oxygen atoms in total. The van der Waals surface area contributed by atoms with E-state index in [0.717, 1.165) is 10.0 Å². The van der Waals surface area contributed by atoms with Gasteiger partial charge in [0.25, 0.3) is 0 Å². The number of carboxylic acid groups (broad SMARTS) is 1. The fraction of sp³-hybridized carbons (Fsp3) is 0.462. The van der Waals surface area contributed by atoms with Gasteiger partial charge >= 0.3 is 5.97 Å². The van der Waals surface area contributed by atoms with E-state index in [0.29, 0.717) is 0 Å². The Hall–Kier alpha value is -0.870. The highest BCUT2D eigenvalue weighted by atomic mass is 79.9. The zero-order chi connectivity index (χ0) is 13.2. The Morgan fingerprint density at radius 1 is 1.41 bits per heavy atom. The Labute approximate surface area is 111 Å². The largest absolute Gasteiger partial charge is 0.480 e. The number of nitrogens with zero attached hydrogens (tertiary/aromatic N) is 1. The van der Waals surface area contributed by atoms with E-state index in [-0.39, 0.29) is 0 Å². The normalized spacial score (nSPS) is 13.8. The van der Waals surface area contributed by atoms with Crippen molar-refractivity contribution in [1.82, 2.24) is 4.90 Å². The number of carbonyl (C=O) groups is 1. The van der Waals surface area contributed by atoms with Crippen molar-refractivity contribution in [3.05, 3.63) is 34.3 Å². The molecule has 1 aromatic carbocycles. The molecule has 1 aromatic rings. The van der Waals surface area contributed by atoms with Gasteiger partial charge in [0.05, 0.1) is 0 Å². The second-order valence-corrected chi connectivity index (χ2v) is 5.85. The average Bonchev–Trinajstić information content (AvgIpc) is 2.15. The quantitative estimate of drug-likeness (QED) is 0.929. The summed E-state index contributed by atoms with van der Waals surface area (Å²) in [6, 6.07) is 7.24. The van der Waals surface area contributed by atoms with Crippen molar-refractivity contribution in [2.24, 2.45) is 0 Å². The summed E-state index contributed by atoms with van der Waals surface area (Å²) in [4.78, 5) is 13.1. The monoisotopic (exact) mass is 299 g/mol. The van der Waals surface area contributed by atoms with Crippen LogP contribution in [0.2, 0.25) is 0 Å². The number of rotatable bonds is 4. The molecule has 0 radical (unpaired) electrons. The van der Waals surface area contributed by atoms with Crippen molar-refractivity contribution >= 4 is 21.9 Å². The predicted octanol–water partition coefficient (Wildman–Crippen LogP) is 2.74. The van der Waals surface area contributed by atoms with E-state index >= 15 is 0 Å². The Morgan fingerprint density at radius 2 is 2.00 bits per heavy atom. The number of benzene rings is 1. The molecule has 0 aromatic heterocycles. The van der Waals surface area contributed by atoms with Crippen molar-refractivity contribution in [3.63, 3.8) is 0 Å². The van der Waals surface area contributed by atoms with Crippen LogP contribution in [-0.2, 0) is 10.2 Å². The number of likely N-dealkylation sites (N-methyl/N-ethyl adjacent to an activating group) is 1. The molecule has 1 N–H and O–H groups in total. The van der Waals surface area contributed by atoms with Crippen molar-refractivity contribution in [3.8, 4) is 0 Å². The van der Waals surface area contributed by atoms with Gasteiger partial charge in [-0.05, 0) is 31.8 Å². The highest BCUT2D eigenvalue weighted by molar-refractivity contribution is 9.10. The van der Waals surface area contributed by atoms with Gasteiger partial charge in [0.1, 0.15) is 6.04 Å². The standard InChI is InChI=1S/C13H18BrNO2/c1-13(2,11(12(16)17)15(3)4)9-6-5-7-10(14)8-9/h5-8,11H,1-4H3,(H,16,17). The minimum absolute atomic E-state index is 0.459. The summed E-state index contributed by atoms with van der Waals surface area (Å²) in [6.45, 7) is 3.90. The summed E-state index contributed by atoms with van der Waals surface area (Å²) in [5.74, 6) is -0.806. The van der Waals surface area contributed by atoms with Gasteiger partial charge in [-0.2, -0.15) is 0 Å². The molecule has 1 rings (SSSR count). The van der Waals surface area contributed by atoms with Gasteiger partial charge in [-0.15, -0.1) is 0 Å². The number of hydrogen-bond donors (Lipinski definition) is 1. The molecule has 4 heteroatoms. The molecule has 0 bridgehead atoms. The summed E-state index contributed by atoms with van der Waals surface area (Å²) < 4.78 is 0.964. The Kier molecular flexibility index (Phi) is 4.33. The fourth-order valence-electron chi connectivity index (χ4n) is 2.22. The lowest BCUT2D eigenvalue weighted by Gasteiger charge is -2.36. The van der Waals surface area contributed by atoms with Crippen LogP contribution in [0.4, 0.5) is 0 Å². The third-order valence-electron chi connectivity index (χ3n) is 3.00. The number of halogens is 1. The van der Waals surface area contributed by atoms with E-state index < -0.39 is 17.4 Å². The van der Waals surface area contributed by atoms with Gasteiger partial charge in [0.2, 0.25) is 0 Å². The number of carboxylic acids is 1. The van der Waals surface area contributed by atoms with Gasteiger partial charge in [0.15, 0.2) is 0 Å². The SMILES string of the molecule is CN(C)C(C(=O)O)C(C)(C)c1cccc(Br)c1. The molecule has 0 amide bonds. The molecule has 17 heavy (non-hydrogen) atoms. The summed E-state index contributed by atoms with van der Waals surface area (Å²) in [7, 11) is 3.58. The third kappa shape index (κ3) is 3.07. The van der Waals surface area contributed by atoms with Gasteiger partial charge in [-0.25, -0.2) is 0 Å². The summed E-state index contributed by atoms with van der Waals surface area (Å²) in [5, 5.41) is 9.36. The maximum atomic E-state index is 11.4. The van der Waals surface area contributed by atoms with E-state index in [2.05, 4.69) is 15.9 Å². The lowest BCUT2D eigenvalue weighted by atomic mass is 9.77. The van der Waals surface area contributed by atoms with Crippen molar-refractivity contribution in [2.45, 2.75) is 25.3 Å². The van der Waals surface area contributed by atoms with Crippen LogP contribution in [0.1, 0.15) is 19.4 Å². The van der Waals surface area contributed by atoms with Gasteiger partial charge in [0, 0.05) is 9.89 Å². The summed E-state index contributed by atoms with van der Waals surface area (Å²) in [6.07, 6.45) is 0. The highest BCUT2D eigenvalue weighted by Crippen LogP contribution is 2.31. The van der Waals surface area contributed by atoms with Gasteiger partial charge in [-0.1, -0.05) is 41.9 Å². The second-order valence-electron chi connectivity index (χ2n) is 4.94. The maximum absolute atomic E-state index is 11.4. The molecule has 0 spiro atoms. The molecule has 0 saturated heterocycles. The molecular weight excluding hydrogens is 282 g/mol. The first kappa shape index (κ1) is 14.2. The zero-order valence-electron chi connectivity index (χ0n) is 10.6. The molecule has 0 aliphatic rings. The van der Waals surface area contributed by atoms with Crippen LogP contribution >= 0.6 is 15.9 Å². The van der Waals surface area contributed by atoms with Crippen LogP contribution in [0.3, 0.4) is 0 Å². The first-order chi connectivity index (χ1) is 7.76. The topological polar surface area (TPSA) is 40.5 Å². The van der Waals surface area contributed by atoms with Crippen LogP contribution in [0.5, 0.6) is 0 Å². The molecule has 1 unspecified atom stereocenters. The van der Waals surface area contributed by atoms with E-state index in [1.807, 2.05) is 38.1 Å². The van der Waals surface area contributed by atoms with E-state index in [9.17, 15) is 9.90 Å². The first-order valence-corrected chi connectivity index (χ1v) is 6.21. The highest BCUT2D eigenvalue weighted by Gasteiger charge is 2.38. The maximum Gasteiger partial charge on any atom is 0.321 e. The number of hydrogen-bond acceptors (Lipinski definition) is 2. The van der Waals surface area contributed by atoms with Crippen molar-refractivity contribution in [1.29, 1.82) is 0 Å². The molecule has 0 aliphatic carbocycles. The smallest absolute Gasteiger partial charge is 0.321 e. The second kappa shape index (κ2) is 5.19. The van der Waals surface area contributed by atoms with Crippen LogP contribution < -0.4 is 0 Å². The van der Waals surface area contributed by atoms with Gasteiger partial charge in [-0.3, -0.25) is 9.69 Å². The van der Waals surface area contributed by atoms with Crippen LogP contribution in [0.25, 0.3) is 0 Å². The predicted molar refractivity (Wildman–Crippen MR) is 72.3 cm³/mol. The van der Waals surface area contributed by atoms with E-state index in [1.165, 1.54) is 0 Å². The molecule has 0 fully saturated rings. The molecule has 1 atom stereocenters. The van der Waals surface area contributed by atoms with Crippen molar-refractivity contribution < 1.29 is 9.90 Å². The Morgan fingerprint density at radius 3 is 2.41 bits per heavy atom. The lowest BCUT2D eigenvalue weighted by molar-refractivity contribution is -0.144. The van der Waals surface area contributed by atoms with Crippen LogP contribution in [-0.4, -0.2) is 36.1 Å².